The van der Waals surface area contributed by atoms with Gasteiger partial charge in [0.2, 0.25) is 0 Å². The molecule has 0 aliphatic heterocycles. The van der Waals surface area contributed by atoms with Gasteiger partial charge in [0.1, 0.15) is 11.5 Å². The van der Waals surface area contributed by atoms with Gasteiger partial charge in [0, 0.05) is 24.6 Å². The van der Waals surface area contributed by atoms with Gasteiger partial charge in [-0.25, -0.2) is 9.97 Å². The van der Waals surface area contributed by atoms with Crippen LogP contribution < -0.4 is 16.4 Å². The van der Waals surface area contributed by atoms with Crippen molar-refractivity contribution in [1.29, 1.82) is 0 Å². The van der Waals surface area contributed by atoms with Gasteiger partial charge in [-0.3, -0.25) is 9.78 Å². The number of aryl methyl sites for hydroxylation is 1. The molecule has 0 fully saturated rings. The summed E-state index contributed by atoms with van der Waals surface area (Å²) in [4.78, 5) is 24.4. The number of aromatic nitrogens is 3. The van der Waals surface area contributed by atoms with Gasteiger partial charge in [-0.15, -0.1) is 0 Å². The van der Waals surface area contributed by atoms with Gasteiger partial charge in [-0.2, -0.15) is 0 Å². The van der Waals surface area contributed by atoms with E-state index in [1.165, 1.54) is 6.20 Å². The molecule has 7 heteroatoms. The molecular formula is C18H18N6O. The molecule has 0 unspecified atom stereocenters. The predicted octanol–water partition coefficient (Wildman–Crippen LogP) is 2.63. The zero-order chi connectivity index (χ0) is 17.6. The Labute approximate surface area is 145 Å². The molecule has 1 amide bonds. The van der Waals surface area contributed by atoms with E-state index in [2.05, 4.69) is 25.6 Å². The molecule has 0 saturated heterocycles. The van der Waals surface area contributed by atoms with E-state index in [4.69, 9.17) is 5.73 Å². The Hall–Kier alpha value is -3.48. The number of pyridine rings is 1. The summed E-state index contributed by atoms with van der Waals surface area (Å²) in [6.07, 6.45) is 4.67. The fraction of sp³-hybridized carbons (Fsp3) is 0.111. The third kappa shape index (κ3) is 4.29. The van der Waals surface area contributed by atoms with E-state index in [9.17, 15) is 4.79 Å². The maximum absolute atomic E-state index is 12.2. The van der Waals surface area contributed by atoms with Crippen LogP contribution in [0, 0.1) is 6.92 Å². The molecule has 126 valence electrons. The minimum Gasteiger partial charge on any atom is -0.382 e. The molecule has 3 rings (SSSR count). The second-order valence-corrected chi connectivity index (χ2v) is 5.49. The Morgan fingerprint density at radius 2 is 2.00 bits per heavy atom. The first-order valence-corrected chi connectivity index (χ1v) is 7.75. The molecule has 0 radical (unpaired) electrons. The van der Waals surface area contributed by atoms with E-state index in [1.807, 2.05) is 43.3 Å². The summed E-state index contributed by atoms with van der Waals surface area (Å²) in [6.45, 7) is 2.38. The highest BCUT2D eigenvalue weighted by molar-refractivity contribution is 6.02. The Balaban J connectivity index is 1.66. The zero-order valence-electron chi connectivity index (χ0n) is 13.7. The maximum Gasteiger partial charge on any atom is 0.275 e. The highest BCUT2D eigenvalue weighted by Gasteiger charge is 2.08. The first kappa shape index (κ1) is 16.4. The monoisotopic (exact) mass is 334 g/mol. The highest BCUT2D eigenvalue weighted by atomic mass is 16.1. The van der Waals surface area contributed by atoms with E-state index < -0.39 is 0 Å². The average molecular weight is 334 g/mol. The summed E-state index contributed by atoms with van der Waals surface area (Å²) in [5.41, 5.74) is 9.30. The summed E-state index contributed by atoms with van der Waals surface area (Å²) >= 11 is 0. The fourth-order valence-electron chi connectivity index (χ4n) is 2.23. The van der Waals surface area contributed by atoms with Crippen molar-refractivity contribution in [3.63, 3.8) is 0 Å². The van der Waals surface area contributed by atoms with Crippen LogP contribution in [0.4, 0.5) is 17.2 Å². The molecule has 0 atom stereocenters. The summed E-state index contributed by atoms with van der Waals surface area (Å²) in [7, 11) is 0. The highest BCUT2D eigenvalue weighted by Crippen LogP contribution is 2.17. The summed E-state index contributed by atoms with van der Waals surface area (Å²) in [6, 6.07) is 11.2. The largest absolute Gasteiger partial charge is 0.382 e. The van der Waals surface area contributed by atoms with Crippen LogP contribution in [0.5, 0.6) is 0 Å². The molecule has 0 bridgehead atoms. The van der Waals surface area contributed by atoms with Crippen LogP contribution in [0.1, 0.15) is 21.7 Å². The molecule has 0 aliphatic rings. The number of carbonyl (C=O) groups is 1. The minimum absolute atomic E-state index is 0.275. The van der Waals surface area contributed by atoms with Crippen molar-refractivity contribution in [3.05, 3.63) is 71.9 Å². The number of carbonyl (C=O) groups excluding carboxylic acids is 1. The van der Waals surface area contributed by atoms with Crippen LogP contribution in [0.2, 0.25) is 0 Å². The second-order valence-electron chi connectivity index (χ2n) is 5.49. The summed E-state index contributed by atoms with van der Waals surface area (Å²) in [5, 5.41) is 6.05. The van der Waals surface area contributed by atoms with Crippen LogP contribution in [0.15, 0.2) is 55.0 Å². The molecule has 3 aromatic rings. The minimum atomic E-state index is -0.297. The normalized spacial score (nSPS) is 10.3. The SMILES string of the molecule is Cc1cnc(C(=O)Nc2cccc(CNc3cccnc3N)c2)cn1. The lowest BCUT2D eigenvalue weighted by Crippen LogP contribution is -2.14. The van der Waals surface area contributed by atoms with Crippen LogP contribution in [0.25, 0.3) is 0 Å². The number of benzene rings is 1. The lowest BCUT2D eigenvalue weighted by Gasteiger charge is -2.10. The molecule has 7 nitrogen and oxygen atoms in total. The average Bonchev–Trinajstić information content (AvgIpc) is 2.62. The number of hydrogen-bond acceptors (Lipinski definition) is 6. The number of nitrogens with zero attached hydrogens (tertiary/aromatic N) is 3. The Kier molecular flexibility index (Phi) is 4.84. The van der Waals surface area contributed by atoms with Gasteiger partial charge in [0.05, 0.1) is 17.6 Å². The lowest BCUT2D eigenvalue weighted by molar-refractivity contribution is 0.102. The van der Waals surface area contributed by atoms with Crippen molar-refractivity contribution in [2.24, 2.45) is 0 Å². The molecule has 0 aliphatic carbocycles. The molecular weight excluding hydrogens is 316 g/mol. The van der Waals surface area contributed by atoms with E-state index >= 15 is 0 Å². The van der Waals surface area contributed by atoms with Gasteiger partial charge in [0.15, 0.2) is 0 Å². The molecule has 0 spiro atoms. The number of nitrogens with two attached hydrogens (primary N) is 1. The number of nitrogens with one attached hydrogen (secondary N) is 2. The number of hydrogen-bond donors (Lipinski definition) is 3. The molecule has 2 aromatic heterocycles. The molecule has 25 heavy (non-hydrogen) atoms. The van der Waals surface area contributed by atoms with Crippen molar-refractivity contribution < 1.29 is 4.79 Å². The number of anilines is 3. The van der Waals surface area contributed by atoms with Crippen molar-refractivity contribution in [1.82, 2.24) is 15.0 Å². The van der Waals surface area contributed by atoms with Gasteiger partial charge in [-0.1, -0.05) is 12.1 Å². The van der Waals surface area contributed by atoms with Crippen LogP contribution in [-0.4, -0.2) is 20.9 Å². The van der Waals surface area contributed by atoms with E-state index in [-0.39, 0.29) is 11.6 Å². The Morgan fingerprint density at radius 3 is 2.76 bits per heavy atom. The van der Waals surface area contributed by atoms with Crippen molar-refractivity contribution >= 4 is 23.1 Å². The lowest BCUT2D eigenvalue weighted by atomic mass is 10.2. The van der Waals surface area contributed by atoms with E-state index in [1.54, 1.807) is 12.4 Å². The Morgan fingerprint density at radius 1 is 1.12 bits per heavy atom. The van der Waals surface area contributed by atoms with Crippen LogP contribution >= 0.6 is 0 Å². The van der Waals surface area contributed by atoms with Crippen molar-refractivity contribution in [2.45, 2.75) is 13.5 Å². The molecule has 2 heterocycles. The number of amides is 1. The standard InChI is InChI=1S/C18H18N6O/c1-12-9-22-16(11-21-12)18(25)24-14-5-2-4-13(8-14)10-23-15-6-3-7-20-17(15)19/h2-9,11,23H,10H2,1H3,(H2,19,20)(H,24,25). The summed E-state index contributed by atoms with van der Waals surface area (Å²) in [5.74, 6) is 0.152. The third-order valence-electron chi connectivity index (χ3n) is 3.52. The third-order valence-corrected chi connectivity index (χ3v) is 3.52. The quantitative estimate of drug-likeness (QED) is 0.662. The molecule has 4 N–H and O–H groups in total. The van der Waals surface area contributed by atoms with Crippen LogP contribution in [-0.2, 0) is 6.54 Å². The van der Waals surface area contributed by atoms with Crippen LogP contribution in [0.3, 0.4) is 0 Å². The number of nitrogen functional groups attached to an aromatic ring is 1. The van der Waals surface area contributed by atoms with Gasteiger partial charge < -0.3 is 16.4 Å². The predicted molar refractivity (Wildman–Crippen MR) is 97.1 cm³/mol. The van der Waals surface area contributed by atoms with Gasteiger partial charge >= 0.3 is 0 Å². The Bertz CT molecular complexity index is 879. The number of rotatable bonds is 5. The van der Waals surface area contributed by atoms with E-state index in [0.717, 1.165) is 16.9 Å². The zero-order valence-corrected chi connectivity index (χ0v) is 13.7. The maximum atomic E-state index is 12.2. The van der Waals surface area contributed by atoms with Crippen molar-refractivity contribution in [3.8, 4) is 0 Å². The molecule has 0 saturated carbocycles. The summed E-state index contributed by atoms with van der Waals surface area (Å²) < 4.78 is 0. The van der Waals surface area contributed by atoms with Gasteiger partial charge in [-0.05, 0) is 36.8 Å². The molecule has 1 aromatic carbocycles. The fourth-order valence-corrected chi connectivity index (χ4v) is 2.23. The topological polar surface area (TPSA) is 106 Å². The first-order valence-electron chi connectivity index (χ1n) is 7.75. The smallest absolute Gasteiger partial charge is 0.275 e. The van der Waals surface area contributed by atoms with E-state index in [0.29, 0.717) is 18.1 Å². The second kappa shape index (κ2) is 7.39. The first-order chi connectivity index (χ1) is 12.1. The van der Waals surface area contributed by atoms with Crippen molar-refractivity contribution in [2.75, 3.05) is 16.4 Å². The van der Waals surface area contributed by atoms with Gasteiger partial charge in [0.25, 0.3) is 5.91 Å².